The number of halogens is 3. The molecule has 0 unspecified atom stereocenters. The average molecular weight is 397 g/mol. The van der Waals surface area contributed by atoms with Crippen molar-refractivity contribution in [2.24, 2.45) is 0 Å². The Hall–Kier alpha value is -3.01. The van der Waals surface area contributed by atoms with Gasteiger partial charge < -0.3 is 4.74 Å². The molecule has 10 heteroatoms. The zero-order chi connectivity index (χ0) is 19.5. The van der Waals surface area contributed by atoms with Gasteiger partial charge in [-0.05, 0) is 35.9 Å². The van der Waals surface area contributed by atoms with Gasteiger partial charge in [-0.25, -0.2) is 8.42 Å². The van der Waals surface area contributed by atoms with Gasteiger partial charge in [0, 0.05) is 18.1 Å². The van der Waals surface area contributed by atoms with Crippen molar-refractivity contribution in [3.8, 4) is 5.75 Å². The van der Waals surface area contributed by atoms with Gasteiger partial charge in [0.1, 0.15) is 10.6 Å². The van der Waals surface area contributed by atoms with Crippen LogP contribution in [0.5, 0.6) is 5.75 Å². The predicted molar refractivity (Wildman–Crippen MR) is 91.7 cm³/mol. The molecule has 0 amide bonds. The van der Waals surface area contributed by atoms with E-state index in [1.165, 1.54) is 18.2 Å². The molecule has 0 atom stereocenters. The average Bonchev–Trinajstić information content (AvgIpc) is 3.06. The first-order valence-corrected chi connectivity index (χ1v) is 9.15. The maximum atomic E-state index is 12.6. The fourth-order valence-corrected chi connectivity index (χ4v) is 3.59. The zero-order valence-corrected chi connectivity index (χ0v) is 14.5. The minimum absolute atomic E-state index is 0.210. The van der Waals surface area contributed by atoms with Crippen LogP contribution in [0.4, 0.5) is 18.9 Å². The first kappa shape index (κ1) is 18.8. The van der Waals surface area contributed by atoms with E-state index in [-0.39, 0.29) is 5.69 Å². The smallest absolute Gasteiger partial charge is 0.404 e. The first-order valence-electron chi connectivity index (χ1n) is 7.67. The van der Waals surface area contributed by atoms with Crippen molar-refractivity contribution in [3.05, 3.63) is 72.6 Å². The number of para-hydroxylation sites is 1. The van der Waals surface area contributed by atoms with E-state index >= 15 is 0 Å². The summed E-state index contributed by atoms with van der Waals surface area (Å²) in [7, 11) is -4.29. The molecule has 2 aromatic carbocycles. The van der Waals surface area contributed by atoms with Crippen molar-refractivity contribution < 1.29 is 26.3 Å². The number of nitrogens with zero attached hydrogens (tertiary/aromatic N) is 2. The molecule has 1 aromatic heterocycles. The molecule has 3 rings (SSSR count). The second-order valence-electron chi connectivity index (χ2n) is 5.50. The summed E-state index contributed by atoms with van der Waals surface area (Å²) in [4.78, 5) is -0.611. The molecule has 1 heterocycles. The Morgan fingerprint density at radius 1 is 1.07 bits per heavy atom. The molecule has 0 bridgehead atoms. The summed E-state index contributed by atoms with van der Waals surface area (Å²) >= 11 is 0. The van der Waals surface area contributed by atoms with Crippen LogP contribution in [-0.2, 0) is 16.6 Å². The minimum atomic E-state index is -5.00. The van der Waals surface area contributed by atoms with Gasteiger partial charge in [-0.2, -0.15) is 5.10 Å². The molecule has 0 spiro atoms. The largest absolute Gasteiger partial charge is 0.573 e. The quantitative estimate of drug-likeness (QED) is 0.689. The summed E-state index contributed by atoms with van der Waals surface area (Å²) in [5.74, 6) is -0.801. The van der Waals surface area contributed by atoms with Gasteiger partial charge in [0.05, 0.1) is 6.54 Å². The molecular weight excluding hydrogens is 383 g/mol. The molecule has 0 saturated heterocycles. The maximum absolute atomic E-state index is 12.6. The van der Waals surface area contributed by atoms with Gasteiger partial charge in [-0.1, -0.05) is 24.3 Å². The van der Waals surface area contributed by atoms with Crippen molar-refractivity contribution in [1.82, 2.24) is 9.78 Å². The van der Waals surface area contributed by atoms with Crippen LogP contribution in [0.2, 0.25) is 0 Å². The number of sulfonamides is 1. The number of ether oxygens (including phenoxy) is 1. The summed E-state index contributed by atoms with van der Waals surface area (Å²) in [5, 5.41) is 4.06. The summed E-state index contributed by atoms with van der Waals surface area (Å²) < 4.78 is 70.4. The Kier molecular flexibility index (Phi) is 5.08. The lowest BCUT2D eigenvalue weighted by Crippen LogP contribution is -2.20. The van der Waals surface area contributed by atoms with Gasteiger partial charge in [0.2, 0.25) is 0 Å². The van der Waals surface area contributed by atoms with Gasteiger partial charge in [-0.15, -0.1) is 13.2 Å². The first-order chi connectivity index (χ1) is 12.7. The summed E-state index contributed by atoms with van der Waals surface area (Å²) in [6, 6.07) is 12.8. The van der Waals surface area contributed by atoms with Crippen LogP contribution in [0.3, 0.4) is 0 Å². The van der Waals surface area contributed by atoms with E-state index in [0.717, 1.165) is 17.7 Å². The lowest BCUT2D eigenvalue weighted by molar-refractivity contribution is -0.275. The Morgan fingerprint density at radius 3 is 2.56 bits per heavy atom. The van der Waals surface area contributed by atoms with Crippen molar-refractivity contribution >= 4 is 15.7 Å². The Morgan fingerprint density at radius 2 is 1.85 bits per heavy atom. The molecule has 0 saturated carbocycles. The summed E-state index contributed by atoms with van der Waals surface area (Å²) in [6.07, 6.45) is -1.64. The fourth-order valence-electron chi connectivity index (χ4n) is 2.41. The van der Waals surface area contributed by atoms with E-state index in [4.69, 9.17) is 0 Å². The number of aromatic nitrogens is 2. The number of alkyl halides is 3. The van der Waals surface area contributed by atoms with Gasteiger partial charge in [0.25, 0.3) is 10.0 Å². The molecule has 0 aliphatic heterocycles. The van der Waals surface area contributed by atoms with Crippen molar-refractivity contribution in [3.63, 3.8) is 0 Å². The SMILES string of the molecule is O=S(=O)(Nc1cccc(Cn2cccn2)c1)c1ccccc1OC(F)(F)F. The van der Waals surface area contributed by atoms with Crippen molar-refractivity contribution in [2.75, 3.05) is 4.72 Å². The highest BCUT2D eigenvalue weighted by Gasteiger charge is 2.34. The van der Waals surface area contributed by atoms with Gasteiger partial charge in [-0.3, -0.25) is 9.40 Å². The van der Waals surface area contributed by atoms with Crippen LogP contribution in [-0.4, -0.2) is 24.6 Å². The Balaban J connectivity index is 1.85. The van der Waals surface area contributed by atoms with E-state index < -0.39 is 27.0 Å². The topological polar surface area (TPSA) is 73.2 Å². The number of rotatable bonds is 6. The van der Waals surface area contributed by atoms with Gasteiger partial charge in [0.15, 0.2) is 0 Å². The third-order valence-electron chi connectivity index (χ3n) is 3.45. The van der Waals surface area contributed by atoms with E-state index in [1.54, 1.807) is 41.3 Å². The molecule has 27 heavy (non-hydrogen) atoms. The monoisotopic (exact) mass is 397 g/mol. The normalized spacial score (nSPS) is 12.0. The number of anilines is 1. The van der Waals surface area contributed by atoms with Crippen LogP contribution in [0.25, 0.3) is 0 Å². The third-order valence-corrected chi connectivity index (χ3v) is 4.87. The Bertz CT molecular complexity index is 1020. The lowest BCUT2D eigenvalue weighted by Gasteiger charge is -2.14. The molecule has 142 valence electrons. The standard InChI is InChI=1S/C17H14F3N3O3S/c18-17(19,20)26-15-7-1-2-8-16(15)27(24,25)22-14-6-3-5-13(11-14)12-23-10-4-9-21-23/h1-11,22H,12H2. The predicted octanol–water partition coefficient (Wildman–Crippen LogP) is 3.63. The Labute approximate surface area is 153 Å². The zero-order valence-electron chi connectivity index (χ0n) is 13.7. The number of hydrogen-bond donors (Lipinski definition) is 1. The van der Waals surface area contributed by atoms with Crippen molar-refractivity contribution in [2.45, 2.75) is 17.8 Å². The lowest BCUT2D eigenvalue weighted by atomic mass is 10.2. The summed E-state index contributed by atoms with van der Waals surface area (Å²) in [6.45, 7) is 0.413. The number of benzene rings is 2. The minimum Gasteiger partial charge on any atom is -0.404 e. The number of nitrogens with one attached hydrogen (secondary N) is 1. The van der Waals surface area contributed by atoms with E-state index in [1.807, 2.05) is 0 Å². The highest BCUT2D eigenvalue weighted by Crippen LogP contribution is 2.30. The molecule has 3 aromatic rings. The highest BCUT2D eigenvalue weighted by molar-refractivity contribution is 7.92. The van der Waals surface area contributed by atoms with E-state index in [9.17, 15) is 21.6 Å². The van der Waals surface area contributed by atoms with Crippen LogP contribution < -0.4 is 9.46 Å². The molecule has 6 nitrogen and oxygen atoms in total. The van der Waals surface area contributed by atoms with Crippen LogP contribution >= 0.6 is 0 Å². The molecule has 0 aliphatic carbocycles. The van der Waals surface area contributed by atoms with Crippen LogP contribution in [0.15, 0.2) is 71.9 Å². The number of hydrogen-bond acceptors (Lipinski definition) is 4. The fraction of sp³-hybridized carbons (Fsp3) is 0.118. The van der Waals surface area contributed by atoms with E-state index in [2.05, 4.69) is 14.6 Å². The molecule has 0 radical (unpaired) electrons. The second kappa shape index (κ2) is 7.31. The molecule has 0 aliphatic rings. The molecule has 1 N–H and O–H groups in total. The second-order valence-corrected chi connectivity index (χ2v) is 7.15. The van der Waals surface area contributed by atoms with E-state index in [0.29, 0.717) is 6.54 Å². The summed E-state index contributed by atoms with van der Waals surface area (Å²) in [5.41, 5.74) is 0.972. The molecule has 0 fully saturated rings. The van der Waals surface area contributed by atoms with Gasteiger partial charge >= 0.3 is 6.36 Å². The van der Waals surface area contributed by atoms with Crippen LogP contribution in [0.1, 0.15) is 5.56 Å². The highest BCUT2D eigenvalue weighted by atomic mass is 32.2. The van der Waals surface area contributed by atoms with Crippen LogP contribution in [0, 0.1) is 0 Å². The van der Waals surface area contributed by atoms with Crippen molar-refractivity contribution in [1.29, 1.82) is 0 Å². The maximum Gasteiger partial charge on any atom is 0.573 e. The third kappa shape index (κ3) is 5.00. The molecular formula is C17H14F3N3O3S.